The van der Waals surface area contributed by atoms with Crippen LogP contribution in [0.2, 0.25) is 0 Å². The van der Waals surface area contributed by atoms with Gasteiger partial charge < -0.3 is 14.6 Å². The number of carbonyl (C=O) groups excluding carboxylic acids is 1. The van der Waals surface area contributed by atoms with Gasteiger partial charge in [0, 0.05) is 11.6 Å². The van der Waals surface area contributed by atoms with Crippen LogP contribution in [-0.2, 0) is 9.53 Å². The van der Waals surface area contributed by atoms with Gasteiger partial charge in [-0.1, -0.05) is 0 Å². The lowest BCUT2D eigenvalue weighted by Gasteiger charge is -2.27. The Hall–Kier alpha value is -2.18. The van der Waals surface area contributed by atoms with Gasteiger partial charge in [0.2, 0.25) is 6.10 Å². The maximum absolute atomic E-state index is 13.0. The Labute approximate surface area is 112 Å². The van der Waals surface area contributed by atoms with Crippen LogP contribution in [0.25, 0.3) is 6.08 Å². The number of esters is 1. The van der Waals surface area contributed by atoms with Gasteiger partial charge in [-0.3, -0.25) is 0 Å². The molecule has 1 aliphatic rings. The maximum Gasteiger partial charge on any atom is 0.430 e. The summed E-state index contributed by atoms with van der Waals surface area (Å²) in [4.78, 5) is 11.6. The van der Waals surface area contributed by atoms with E-state index < -0.39 is 23.8 Å². The Balaban J connectivity index is 2.47. The van der Waals surface area contributed by atoms with E-state index in [0.29, 0.717) is 0 Å². The van der Waals surface area contributed by atoms with E-state index in [-0.39, 0.29) is 23.7 Å². The van der Waals surface area contributed by atoms with E-state index in [1.54, 1.807) is 0 Å². The molecule has 0 bridgehead atoms. The summed E-state index contributed by atoms with van der Waals surface area (Å²) in [5.41, 5.74) is -0.344. The van der Waals surface area contributed by atoms with E-state index in [9.17, 15) is 23.1 Å². The summed E-state index contributed by atoms with van der Waals surface area (Å²) in [6.45, 7) is 1.46. The first-order valence-corrected chi connectivity index (χ1v) is 5.78. The lowest BCUT2D eigenvalue weighted by Crippen LogP contribution is -2.40. The molecule has 1 unspecified atom stereocenters. The average Bonchev–Trinajstić information content (AvgIpc) is 2.36. The van der Waals surface area contributed by atoms with E-state index in [2.05, 4.69) is 4.74 Å². The number of hydrogen-bond donors (Lipinski definition) is 1. The van der Waals surface area contributed by atoms with Crippen LogP contribution in [-0.4, -0.2) is 30.0 Å². The summed E-state index contributed by atoms with van der Waals surface area (Å²) < 4.78 is 48.3. The SMILES string of the molecule is CCOC(=O)C1=Cc2ccc(O)cc2OC1C(F)(F)F. The lowest BCUT2D eigenvalue weighted by atomic mass is 10.0. The summed E-state index contributed by atoms with van der Waals surface area (Å²) in [7, 11) is 0. The third-order valence-electron chi connectivity index (χ3n) is 2.64. The molecule has 0 fully saturated rings. The summed E-state index contributed by atoms with van der Waals surface area (Å²) >= 11 is 0. The number of phenols is 1. The third-order valence-corrected chi connectivity index (χ3v) is 2.64. The highest BCUT2D eigenvalue weighted by Crippen LogP contribution is 2.38. The molecule has 1 aromatic carbocycles. The van der Waals surface area contributed by atoms with Crippen molar-refractivity contribution >= 4 is 12.0 Å². The third kappa shape index (κ3) is 2.71. The molecule has 1 N–H and O–H groups in total. The Morgan fingerprint density at radius 2 is 2.15 bits per heavy atom. The van der Waals surface area contributed by atoms with Crippen LogP contribution >= 0.6 is 0 Å². The number of benzene rings is 1. The van der Waals surface area contributed by atoms with Crippen LogP contribution < -0.4 is 4.74 Å². The largest absolute Gasteiger partial charge is 0.508 e. The molecule has 0 aliphatic carbocycles. The summed E-state index contributed by atoms with van der Waals surface area (Å²) in [6, 6.07) is 3.71. The standard InChI is InChI=1S/C13H11F3O4/c1-2-19-12(18)9-5-7-3-4-8(17)6-10(7)20-11(9)13(14,15)16/h3-6,11,17H,2H2,1H3. The van der Waals surface area contributed by atoms with Crippen molar-refractivity contribution in [2.75, 3.05) is 6.61 Å². The van der Waals surface area contributed by atoms with Gasteiger partial charge in [0.1, 0.15) is 11.5 Å². The van der Waals surface area contributed by atoms with E-state index in [4.69, 9.17) is 4.74 Å². The van der Waals surface area contributed by atoms with Gasteiger partial charge in [0.05, 0.1) is 12.2 Å². The molecular formula is C13H11F3O4. The fraction of sp³-hybridized carbons (Fsp3) is 0.308. The van der Waals surface area contributed by atoms with Crippen LogP contribution in [0.4, 0.5) is 13.2 Å². The zero-order chi connectivity index (χ0) is 14.9. The van der Waals surface area contributed by atoms with Crippen molar-refractivity contribution in [3.63, 3.8) is 0 Å². The van der Waals surface area contributed by atoms with Crippen molar-refractivity contribution in [3.05, 3.63) is 29.3 Å². The Morgan fingerprint density at radius 1 is 1.45 bits per heavy atom. The summed E-state index contributed by atoms with van der Waals surface area (Å²) in [6.07, 6.45) is -6.10. The lowest BCUT2D eigenvalue weighted by molar-refractivity contribution is -0.187. The van der Waals surface area contributed by atoms with Gasteiger partial charge in [0.15, 0.2) is 0 Å². The Kier molecular flexibility index (Phi) is 3.61. The molecule has 108 valence electrons. The van der Waals surface area contributed by atoms with Gasteiger partial charge in [-0.25, -0.2) is 4.79 Å². The Bertz CT molecular complexity index is 563. The molecule has 1 atom stereocenters. The molecule has 0 aromatic heterocycles. The molecule has 4 nitrogen and oxygen atoms in total. The zero-order valence-corrected chi connectivity index (χ0v) is 10.4. The summed E-state index contributed by atoms with van der Waals surface area (Å²) in [5.74, 6) is -1.44. The molecular weight excluding hydrogens is 277 g/mol. The number of alkyl halides is 3. The number of fused-ring (bicyclic) bond motifs is 1. The van der Waals surface area contributed by atoms with Gasteiger partial charge in [0.25, 0.3) is 0 Å². The second kappa shape index (κ2) is 5.07. The monoisotopic (exact) mass is 288 g/mol. The molecule has 0 saturated heterocycles. The minimum atomic E-state index is -4.76. The predicted molar refractivity (Wildman–Crippen MR) is 63.2 cm³/mol. The normalized spacial score (nSPS) is 17.8. The molecule has 1 aliphatic heterocycles. The first-order chi connectivity index (χ1) is 9.32. The maximum atomic E-state index is 13.0. The highest BCUT2D eigenvalue weighted by molar-refractivity contribution is 5.96. The number of carbonyl (C=O) groups is 1. The fourth-order valence-corrected chi connectivity index (χ4v) is 1.80. The van der Waals surface area contributed by atoms with Crippen LogP contribution in [0.15, 0.2) is 23.8 Å². The van der Waals surface area contributed by atoms with Gasteiger partial charge >= 0.3 is 12.1 Å². The van der Waals surface area contributed by atoms with Crippen LogP contribution in [0.5, 0.6) is 11.5 Å². The second-order valence-electron chi connectivity index (χ2n) is 4.08. The first-order valence-electron chi connectivity index (χ1n) is 5.78. The second-order valence-corrected chi connectivity index (χ2v) is 4.08. The van der Waals surface area contributed by atoms with Crippen molar-refractivity contribution in [3.8, 4) is 11.5 Å². The molecule has 0 saturated carbocycles. The highest BCUT2D eigenvalue weighted by Gasteiger charge is 2.48. The number of phenolic OH excluding ortho intramolecular Hbond substituents is 1. The molecule has 0 spiro atoms. The van der Waals surface area contributed by atoms with Gasteiger partial charge in [-0.05, 0) is 25.1 Å². The van der Waals surface area contributed by atoms with E-state index in [1.165, 1.54) is 19.1 Å². The van der Waals surface area contributed by atoms with Crippen LogP contribution in [0, 0.1) is 0 Å². The van der Waals surface area contributed by atoms with E-state index >= 15 is 0 Å². The van der Waals surface area contributed by atoms with E-state index in [0.717, 1.165) is 12.1 Å². The molecule has 0 amide bonds. The first kappa shape index (κ1) is 14.2. The molecule has 1 heterocycles. The van der Waals surface area contributed by atoms with Crippen molar-refractivity contribution in [2.45, 2.75) is 19.2 Å². The van der Waals surface area contributed by atoms with Crippen molar-refractivity contribution in [2.24, 2.45) is 0 Å². The predicted octanol–water partition coefficient (Wildman–Crippen LogP) is 2.66. The van der Waals surface area contributed by atoms with Crippen molar-refractivity contribution in [1.82, 2.24) is 0 Å². The summed E-state index contributed by atoms with van der Waals surface area (Å²) in [5, 5.41) is 9.26. The number of rotatable bonds is 2. The van der Waals surface area contributed by atoms with Crippen molar-refractivity contribution in [1.29, 1.82) is 0 Å². The number of ether oxygens (including phenoxy) is 2. The van der Waals surface area contributed by atoms with Crippen LogP contribution in [0.1, 0.15) is 12.5 Å². The molecule has 1 aromatic rings. The number of hydrogen-bond acceptors (Lipinski definition) is 4. The molecule has 7 heteroatoms. The topological polar surface area (TPSA) is 55.8 Å². The smallest absolute Gasteiger partial charge is 0.430 e. The van der Waals surface area contributed by atoms with Crippen molar-refractivity contribution < 1.29 is 32.5 Å². The highest BCUT2D eigenvalue weighted by atomic mass is 19.4. The zero-order valence-electron chi connectivity index (χ0n) is 10.4. The number of halogens is 3. The Morgan fingerprint density at radius 3 is 2.75 bits per heavy atom. The van der Waals surface area contributed by atoms with E-state index in [1.807, 2.05) is 0 Å². The minimum absolute atomic E-state index is 0.0385. The average molecular weight is 288 g/mol. The molecule has 20 heavy (non-hydrogen) atoms. The van der Waals surface area contributed by atoms with Gasteiger partial charge in [-0.2, -0.15) is 13.2 Å². The number of aromatic hydroxyl groups is 1. The quantitative estimate of drug-likeness (QED) is 0.850. The van der Waals surface area contributed by atoms with Crippen LogP contribution in [0.3, 0.4) is 0 Å². The van der Waals surface area contributed by atoms with Gasteiger partial charge in [-0.15, -0.1) is 0 Å². The minimum Gasteiger partial charge on any atom is -0.508 e. The molecule has 2 rings (SSSR count). The fourth-order valence-electron chi connectivity index (χ4n) is 1.80. The molecule has 0 radical (unpaired) electrons.